The Kier molecular flexibility index (Phi) is 5.21. The maximum atomic E-state index is 12.3. The minimum atomic E-state index is -0.614. The summed E-state index contributed by atoms with van der Waals surface area (Å²) in [7, 11) is 1.63. The van der Waals surface area contributed by atoms with E-state index >= 15 is 0 Å². The molecule has 8 heteroatoms. The van der Waals surface area contributed by atoms with Gasteiger partial charge in [0.15, 0.2) is 0 Å². The van der Waals surface area contributed by atoms with E-state index < -0.39 is 4.92 Å². The number of hydrogen-bond donors (Lipinski definition) is 0. The fourth-order valence-corrected chi connectivity index (χ4v) is 2.77. The lowest BCUT2D eigenvalue weighted by Gasteiger charge is -2.35. The van der Waals surface area contributed by atoms with Crippen LogP contribution in [0.5, 0.6) is 5.75 Å². The number of amides is 1. The van der Waals surface area contributed by atoms with E-state index in [1.807, 2.05) is 24.3 Å². The molecule has 1 aliphatic heterocycles. The van der Waals surface area contributed by atoms with Crippen LogP contribution >= 0.6 is 0 Å². The summed E-state index contributed by atoms with van der Waals surface area (Å²) < 4.78 is 10.2. The Bertz CT molecular complexity index is 804. The third kappa shape index (κ3) is 4.02. The lowest BCUT2D eigenvalue weighted by Crippen LogP contribution is -2.48. The van der Waals surface area contributed by atoms with Crippen molar-refractivity contribution in [3.8, 4) is 5.75 Å². The normalized spacial score (nSPS) is 14.7. The van der Waals surface area contributed by atoms with Gasteiger partial charge in [0.05, 0.1) is 13.2 Å². The summed E-state index contributed by atoms with van der Waals surface area (Å²) in [5.74, 6) is 0.608. The molecule has 1 aromatic carbocycles. The molecular weight excluding hydrogens is 338 g/mol. The smallest absolute Gasteiger partial charge is 0.433 e. The number of methoxy groups -OCH3 is 1. The van der Waals surface area contributed by atoms with Gasteiger partial charge in [-0.15, -0.1) is 0 Å². The molecule has 0 saturated carbocycles. The Labute approximate surface area is 150 Å². The van der Waals surface area contributed by atoms with Crippen molar-refractivity contribution in [2.45, 2.75) is 0 Å². The van der Waals surface area contributed by atoms with Crippen molar-refractivity contribution >= 4 is 23.6 Å². The maximum absolute atomic E-state index is 12.3. The summed E-state index contributed by atoms with van der Waals surface area (Å²) in [5, 5.41) is 10.6. The second-order valence-corrected chi connectivity index (χ2v) is 5.78. The van der Waals surface area contributed by atoms with Crippen molar-refractivity contribution in [3.63, 3.8) is 0 Å². The number of nitro groups is 1. The first kappa shape index (κ1) is 17.5. The van der Waals surface area contributed by atoms with Gasteiger partial charge < -0.3 is 19.0 Å². The molecule has 3 rings (SSSR count). The highest BCUT2D eigenvalue weighted by molar-refractivity contribution is 5.91. The highest BCUT2D eigenvalue weighted by atomic mass is 16.6. The number of furan rings is 1. The van der Waals surface area contributed by atoms with Gasteiger partial charge in [-0.1, -0.05) is 0 Å². The Morgan fingerprint density at radius 2 is 1.85 bits per heavy atom. The molecule has 8 nitrogen and oxygen atoms in total. The first-order valence-corrected chi connectivity index (χ1v) is 8.17. The van der Waals surface area contributed by atoms with Crippen molar-refractivity contribution in [2.75, 3.05) is 38.2 Å². The van der Waals surface area contributed by atoms with Crippen molar-refractivity contribution in [3.05, 3.63) is 58.3 Å². The Balaban J connectivity index is 1.54. The van der Waals surface area contributed by atoms with Crippen molar-refractivity contribution < 1.29 is 18.9 Å². The number of carbonyl (C=O) groups excluding carboxylic acids is 1. The minimum Gasteiger partial charge on any atom is -0.497 e. The van der Waals surface area contributed by atoms with Crippen LogP contribution in [-0.4, -0.2) is 49.0 Å². The fraction of sp³-hybridized carbons (Fsp3) is 0.278. The van der Waals surface area contributed by atoms with Crippen LogP contribution < -0.4 is 9.64 Å². The van der Waals surface area contributed by atoms with Crippen LogP contribution in [0.15, 0.2) is 46.9 Å². The topological polar surface area (TPSA) is 89.1 Å². The third-order valence-corrected chi connectivity index (χ3v) is 4.21. The van der Waals surface area contributed by atoms with Gasteiger partial charge in [-0.05, 0) is 36.4 Å². The molecule has 0 bridgehead atoms. The highest BCUT2D eigenvalue weighted by Gasteiger charge is 2.20. The molecule has 1 aliphatic rings. The summed E-state index contributed by atoms with van der Waals surface area (Å²) in [4.78, 5) is 26.2. The predicted octanol–water partition coefficient (Wildman–Crippen LogP) is 2.56. The van der Waals surface area contributed by atoms with Crippen LogP contribution in [0.25, 0.3) is 6.08 Å². The monoisotopic (exact) mass is 357 g/mol. The summed E-state index contributed by atoms with van der Waals surface area (Å²) in [5.41, 5.74) is 1.09. The van der Waals surface area contributed by atoms with E-state index in [1.165, 1.54) is 24.3 Å². The number of hydrogen-bond acceptors (Lipinski definition) is 6. The first-order chi connectivity index (χ1) is 12.6. The van der Waals surface area contributed by atoms with E-state index in [1.54, 1.807) is 12.0 Å². The first-order valence-electron chi connectivity index (χ1n) is 8.17. The van der Waals surface area contributed by atoms with Crippen molar-refractivity contribution in [2.24, 2.45) is 0 Å². The average molecular weight is 357 g/mol. The molecular formula is C18H19N3O5. The Morgan fingerprint density at radius 3 is 2.42 bits per heavy atom. The quantitative estimate of drug-likeness (QED) is 0.464. The van der Waals surface area contributed by atoms with Gasteiger partial charge in [0.25, 0.3) is 0 Å². The second kappa shape index (κ2) is 7.73. The van der Waals surface area contributed by atoms with Crippen LogP contribution in [0, 0.1) is 10.1 Å². The van der Waals surface area contributed by atoms with E-state index in [2.05, 4.69) is 4.90 Å². The van der Waals surface area contributed by atoms with Gasteiger partial charge in [-0.25, -0.2) is 0 Å². The van der Waals surface area contributed by atoms with Crippen LogP contribution in [0.1, 0.15) is 5.76 Å². The van der Waals surface area contributed by atoms with Gasteiger partial charge >= 0.3 is 5.88 Å². The maximum Gasteiger partial charge on any atom is 0.433 e. The molecule has 136 valence electrons. The Hall–Kier alpha value is -3.29. The predicted molar refractivity (Wildman–Crippen MR) is 96.2 cm³/mol. The molecule has 0 N–H and O–H groups in total. The number of rotatable bonds is 5. The molecule has 0 radical (unpaired) electrons. The Morgan fingerprint density at radius 1 is 1.15 bits per heavy atom. The number of carbonyl (C=O) groups is 1. The molecule has 1 saturated heterocycles. The number of benzene rings is 1. The van der Waals surface area contributed by atoms with Crippen LogP contribution in [0.3, 0.4) is 0 Å². The molecule has 0 aliphatic carbocycles. The third-order valence-electron chi connectivity index (χ3n) is 4.21. The van der Waals surface area contributed by atoms with Gasteiger partial charge in [0.2, 0.25) is 5.91 Å². The number of nitrogens with zero attached hydrogens (tertiary/aromatic N) is 3. The molecule has 1 aromatic heterocycles. The molecule has 0 unspecified atom stereocenters. The van der Waals surface area contributed by atoms with E-state index in [-0.39, 0.29) is 17.6 Å². The lowest BCUT2D eigenvalue weighted by molar-refractivity contribution is -0.402. The number of ether oxygens (including phenoxy) is 1. The second-order valence-electron chi connectivity index (χ2n) is 5.78. The molecule has 0 atom stereocenters. The number of piperazine rings is 1. The zero-order valence-electron chi connectivity index (χ0n) is 14.3. The zero-order valence-corrected chi connectivity index (χ0v) is 14.3. The SMILES string of the molecule is COc1ccc(N2CCN(C(=O)/C=C/c3ccc([N+](=O)[O-])o3)CC2)cc1. The van der Waals surface area contributed by atoms with Gasteiger partial charge in [0, 0.05) is 37.9 Å². The highest BCUT2D eigenvalue weighted by Crippen LogP contribution is 2.21. The molecule has 1 fully saturated rings. The van der Waals surface area contributed by atoms with Crippen LogP contribution in [0.4, 0.5) is 11.6 Å². The molecule has 26 heavy (non-hydrogen) atoms. The van der Waals surface area contributed by atoms with Gasteiger partial charge in [-0.2, -0.15) is 0 Å². The molecule has 1 amide bonds. The van der Waals surface area contributed by atoms with E-state index in [0.717, 1.165) is 24.5 Å². The van der Waals surface area contributed by atoms with Gasteiger partial charge in [-0.3, -0.25) is 14.9 Å². The standard InChI is InChI=1S/C18H19N3O5/c1-25-15-4-2-14(3-5-15)19-10-12-20(13-11-19)17(22)8-6-16-7-9-18(26-16)21(23)24/h2-9H,10-13H2,1H3/b8-6+. The summed E-state index contributed by atoms with van der Waals surface area (Å²) in [6, 6.07) is 10.6. The summed E-state index contributed by atoms with van der Waals surface area (Å²) >= 11 is 0. The van der Waals surface area contributed by atoms with E-state index in [4.69, 9.17) is 9.15 Å². The van der Waals surface area contributed by atoms with E-state index in [9.17, 15) is 14.9 Å². The van der Waals surface area contributed by atoms with Crippen LogP contribution in [-0.2, 0) is 4.79 Å². The van der Waals surface area contributed by atoms with E-state index in [0.29, 0.717) is 13.1 Å². The fourth-order valence-electron chi connectivity index (χ4n) is 2.77. The van der Waals surface area contributed by atoms with Crippen molar-refractivity contribution in [1.82, 2.24) is 4.90 Å². The van der Waals surface area contributed by atoms with Crippen LogP contribution in [0.2, 0.25) is 0 Å². The average Bonchev–Trinajstić information content (AvgIpc) is 3.16. The largest absolute Gasteiger partial charge is 0.497 e. The zero-order chi connectivity index (χ0) is 18.5. The summed E-state index contributed by atoms with van der Waals surface area (Å²) in [6.07, 6.45) is 2.83. The lowest BCUT2D eigenvalue weighted by atomic mass is 10.2. The number of anilines is 1. The minimum absolute atomic E-state index is 0.140. The van der Waals surface area contributed by atoms with Crippen molar-refractivity contribution in [1.29, 1.82) is 0 Å². The molecule has 2 heterocycles. The summed E-state index contributed by atoms with van der Waals surface area (Å²) in [6.45, 7) is 2.68. The molecule has 0 spiro atoms. The molecule has 2 aromatic rings. The van der Waals surface area contributed by atoms with Gasteiger partial charge in [0.1, 0.15) is 16.4 Å².